The molecule has 1 aliphatic carbocycles. The molecule has 2 rings (SSSR count). The Morgan fingerprint density at radius 3 is 2.79 bits per heavy atom. The third kappa shape index (κ3) is 2.05. The predicted octanol–water partition coefficient (Wildman–Crippen LogP) is 2.34. The largest absolute Gasteiger partial charge is 0.367 e. The second-order valence-corrected chi connectivity index (χ2v) is 3.62. The highest BCUT2D eigenvalue weighted by Gasteiger charge is 2.21. The molecule has 0 aliphatic heterocycles. The Kier molecular flexibility index (Phi) is 2.41. The molecule has 0 spiro atoms. The molecule has 1 aliphatic rings. The van der Waals surface area contributed by atoms with Gasteiger partial charge >= 0.3 is 0 Å². The molecule has 0 bridgehead atoms. The average Bonchev–Trinajstić information content (AvgIpc) is 2.94. The van der Waals surface area contributed by atoms with Crippen molar-refractivity contribution in [2.45, 2.75) is 32.7 Å². The maximum absolute atomic E-state index is 4.46. The molecular weight excluding hydrogens is 172 g/mol. The van der Waals surface area contributed by atoms with E-state index in [9.17, 15) is 0 Å². The highest BCUT2D eigenvalue weighted by atomic mass is 15.0. The van der Waals surface area contributed by atoms with Crippen LogP contribution in [0.15, 0.2) is 12.1 Å². The number of nitrogens with zero attached hydrogens (tertiary/aromatic N) is 1. The van der Waals surface area contributed by atoms with Crippen LogP contribution in [0.25, 0.3) is 0 Å². The molecule has 72 valence electrons. The number of aryl methyl sites for hydroxylation is 1. The van der Waals surface area contributed by atoms with Crippen LogP contribution in [0, 0.1) is 18.8 Å². The van der Waals surface area contributed by atoms with E-state index in [1.807, 2.05) is 26.0 Å². The molecule has 1 saturated carbocycles. The summed E-state index contributed by atoms with van der Waals surface area (Å²) in [4.78, 5) is 4.46. The molecule has 0 saturated heterocycles. The van der Waals surface area contributed by atoms with Gasteiger partial charge in [0, 0.05) is 11.6 Å². The molecule has 1 fully saturated rings. The van der Waals surface area contributed by atoms with Gasteiger partial charge in [0.1, 0.15) is 5.82 Å². The topological polar surface area (TPSA) is 24.9 Å². The van der Waals surface area contributed by atoms with E-state index in [0.717, 1.165) is 17.1 Å². The third-order valence-corrected chi connectivity index (χ3v) is 2.27. The molecule has 2 nitrogen and oxygen atoms in total. The summed E-state index contributed by atoms with van der Waals surface area (Å²) in [6.07, 6.45) is 2.55. The summed E-state index contributed by atoms with van der Waals surface area (Å²) in [5, 5.41) is 3.37. The van der Waals surface area contributed by atoms with Crippen molar-refractivity contribution in [2.75, 3.05) is 5.32 Å². The zero-order valence-corrected chi connectivity index (χ0v) is 8.59. The molecule has 0 unspecified atom stereocenters. The number of nitrogens with one attached hydrogen (secondary N) is 1. The van der Waals surface area contributed by atoms with E-state index < -0.39 is 0 Å². The molecule has 0 aromatic carbocycles. The molecule has 0 atom stereocenters. The summed E-state index contributed by atoms with van der Waals surface area (Å²) in [5.74, 6) is 6.90. The van der Waals surface area contributed by atoms with Crippen molar-refractivity contribution in [3.63, 3.8) is 0 Å². The van der Waals surface area contributed by atoms with Gasteiger partial charge in [-0.3, -0.25) is 0 Å². The second-order valence-electron chi connectivity index (χ2n) is 3.62. The van der Waals surface area contributed by atoms with Gasteiger partial charge in [0.05, 0.1) is 5.69 Å². The summed E-state index contributed by atoms with van der Waals surface area (Å²) in [7, 11) is 0. The first-order valence-electron chi connectivity index (χ1n) is 4.96. The number of hydrogen-bond donors (Lipinski definition) is 1. The van der Waals surface area contributed by atoms with Gasteiger partial charge in [-0.1, -0.05) is 5.92 Å². The van der Waals surface area contributed by atoms with E-state index in [0.29, 0.717) is 6.04 Å². The lowest BCUT2D eigenvalue weighted by molar-refractivity contribution is 1.09. The third-order valence-electron chi connectivity index (χ3n) is 2.27. The van der Waals surface area contributed by atoms with Crippen molar-refractivity contribution in [3.8, 4) is 11.8 Å². The van der Waals surface area contributed by atoms with Crippen molar-refractivity contribution in [1.29, 1.82) is 0 Å². The minimum atomic E-state index is 0.657. The van der Waals surface area contributed by atoms with Crippen LogP contribution in [0.5, 0.6) is 0 Å². The summed E-state index contributed by atoms with van der Waals surface area (Å²) in [6.45, 7) is 3.84. The van der Waals surface area contributed by atoms with E-state index in [1.165, 1.54) is 12.8 Å². The van der Waals surface area contributed by atoms with Gasteiger partial charge in [-0.25, -0.2) is 4.98 Å². The van der Waals surface area contributed by atoms with Crippen LogP contribution in [0.4, 0.5) is 5.82 Å². The number of aromatic nitrogens is 1. The molecule has 1 aromatic heterocycles. The quantitative estimate of drug-likeness (QED) is 0.717. The Labute approximate surface area is 84.7 Å². The molecule has 2 heteroatoms. The van der Waals surface area contributed by atoms with Gasteiger partial charge in [0.25, 0.3) is 0 Å². The minimum Gasteiger partial charge on any atom is -0.367 e. The van der Waals surface area contributed by atoms with Gasteiger partial charge < -0.3 is 5.32 Å². The van der Waals surface area contributed by atoms with Crippen LogP contribution in [0.3, 0.4) is 0 Å². The lowest BCUT2D eigenvalue weighted by atomic mass is 10.2. The van der Waals surface area contributed by atoms with Gasteiger partial charge in [0.2, 0.25) is 0 Å². The van der Waals surface area contributed by atoms with Crippen molar-refractivity contribution in [1.82, 2.24) is 4.98 Å². The molecule has 1 heterocycles. The van der Waals surface area contributed by atoms with Crippen LogP contribution < -0.4 is 5.32 Å². The highest BCUT2D eigenvalue weighted by Crippen LogP contribution is 2.23. The van der Waals surface area contributed by atoms with Crippen molar-refractivity contribution in [2.24, 2.45) is 0 Å². The first kappa shape index (κ1) is 9.08. The Bertz CT molecular complexity index is 395. The number of anilines is 1. The van der Waals surface area contributed by atoms with Crippen LogP contribution >= 0.6 is 0 Å². The van der Waals surface area contributed by atoms with E-state index in [1.54, 1.807) is 0 Å². The van der Waals surface area contributed by atoms with Gasteiger partial charge in [-0.15, -0.1) is 5.92 Å². The van der Waals surface area contributed by atoms with Gasteiger partial charge in [-0.2, -0.15) is 0 Å². The maximum atomic E-state index is 4.46. The first-order valence-corrected chi connectivity index (χ1v) is 4.96. The fourth-order valence-electron chi connectivity index (χ4n) is 1.35. The van der Waals surface area contributed by atoms with E-state index in [2.05, 4.69) is 22.1 Å². The standard InChI is InChI=1S/C12H14N2/c1-3-4-10-5-8-12(13-9(10)2)14-11-6-7-11/h5,8,11H,6-7H2,1-2H3,(H,13,14). The lowest BCUT2D eigenvalue weighted by Crippen LogP contribution is -2.04. The lowest BCUT2D eigenvalue weighted by Gasteiger charge is -2.05. The van der Waals surface area contributed by atoms with Crippen molar-refractivity contribution < 1.29 is 0 Å². The second kappa shape index (κ2) is 3.71. The number of pyridine rings is 1. The van der Waals surface area contributed by atoms with Crippen LogP contribution in [-0.2, 0) is 0 Å². The molecule has 14 heavy (non-hydrogen) atoms. The Morgan fingerprint density at radius 1 is 1.43 bits per heavy atom. The Morgan fingerprint density at radius 2 is 2.21 bits per heavy atom. The predicted molar refractivity (Wildman–Crippen MR) is 58.2 cm³/mol. The molecule has 0 radical (unpaired) electrons. The highest BCUT2D eigenvalue weighted by molar-refractivity contribution is 5.45. The smallest absolute Gasteiger partial charge is 0.126 e. The summed E-state index contributed by atoms with van der Waals surface area (Å²) in [5.41, 5.74) is 2.03. The summed E-state index contributed by atoms with van der Waals surface area (Å²) in [6, 6.07) is 4.69. The normalized spacial score (nSPS) is 14.4. The van der Waals surface area contributed by atoms with Crippen LogP contribution in [-0.4, -0.2) is 11.0 Å². The molecule has 1 N–H and O–H groups in total. The monoisotopic (exact) mass is 186 g/mol. The van der Waals surface area contributed by atoms with Crippen molar-refractivity contribution >= 4 is 5.82 Å². The van der Waals surface area contributed by atoms with Crippen LogP contribution in [0.1, 0.15) is 31.0 Å². The van der Waals surface area contributed by atoms with Gasteiger partial charge in [0.15, 0.2) is 0 Å². The van der Waals surface area contributed by atoms with Crippen molar-refractivity contribution in [3.05, 3.63) is 23.4 Å². The SMILES string of the molecule is CC#Cc1ccc(NC2CC2)nc1C. The summed E-state index contributed by atoms with van der Waals surface area (Å²) < 4.78 is 0. The average molecular weight is 186 g/mol. The first-order chi connectivity index (χ1) is 6.79. The Hall–Kier alpha value is -1.49. The molecule has 1 aromatic rings. The van der Waals surface area contributed by atoms with E-state index in [-0.39, 0.29) is 0 Å². The summed E-state index contributed by atoms with van der Waals surface area (Å²) >= 11 is 0. The van der Waals surface area contributed by atoms with Crippen LogP contribution in [0.2, 0.25) is 0 Å². The van der Waals surface area contributed by atoms with E-state index >= 15 is 0 Å². The Balaban J connectivity index is 2.18. The minimum absolute atomic E-state index is 0.657. The zero-order valence-electron chi connectivity index (χ0n) is 8.59. The molecular formula is C12H14N2. The maximum Gasteiger partial charge on any atom is 0.126 e. The number of rotatable bonds is 2. The molecule has 0 amide bonds. The van der Waals surface area contributed by atoms with Gasteiger partial charge in [-0.05, 0) is 38.8 Å². The fraction of sp³-hybridized carbons (Fsp3) is 0.417. The number of hydrogen-bond acceptors (Lipinski definition) is 2. The fourth-order valence-corrected chi connectivity index (χ4v) is 1.35. The van der Waals surface area contributed by atoms with E-state index in [4.69, 9.17) is 0 Å². The zero-order chi connectivity index (χ0) is 9.97.